The lowest BCUT2D eigenvalue weighted by molar-refractivity contribution is 0.0948. The average Bonchev–Trinajstić information content (AvgIpc) is 2.69. The van der Waals surface area contributed by atoms with Crippen molar-refractivity contribution in [2.45, 2.75) is 12.8 Å². The molecule has 2 amide bonds. The van der Waals surface area contributed by atoms with Crippen LogP contribution in [0.3, 0.4) is 0 Å². The number of hydrogen-bond acceptors (Lipinski definition) is 3. The van der Waals surface area contributed by atoms with E-state index in [-0.39, 0.29) is 12.5 Å². The van der Waals surface area contributed by atoms with Crippen molar-refractivity contribution in [2.75, 3.05) is 25.0 Å². The number of ether oxygens (including phenoxy) is 1. The minimum Gasteiger partial charge on any atom is -0.465 e. The second-order valence-corrected chi connectivity index (χ2v) is 6.63. The van der Waals surface area contributed by atoms with Crippen LogP contribution in [0.25, 0.3) is 11.1 Å². The minimum absolute atomic E-state index is 0.0890. The van der Waals surface area contributed by atoms with Crippen LogP contribution in [0.15, 0.2) is 42.5 Å². The molecular weight excluding hydrogens is 370 g/mol. The van der Waals surface area contributed by atoms with Gasteiger partial charge in [-0.15, -0.1) is 0 Å². The maximum atomic E-state index is 13.7. The molecule has 0 aromatic heterocycles. The molecule has 2 aromatic carbocycles. The largest absolute Gasteiger partial charge is 0.465 e. The summed E-state index contributed by atoms with van der Waals surface area (Å²) in [7, 11) is 0. The number of benzene rings is 2. The molecule has 1 aliphatic heterocycles. The molecule has 0 radical (unpaired) electrons. The molecule has 1 heterocycles. The summed E-state index contributed by atoms with van der Waals surface area (Å²) in [6.45, 7) is 1.00. The fourth-order valence-electron chi connectivity index (χ4n) is 3.12. The van der Waals surface area contributed by atoms with Crippen LogP contribution in [-0.2, 0) is 4.74 Å². The summed E-state index contributed by atoms with van der Waals surface area (Å²) < 4.78 is 32.1. The van der Waals surface area contributed by atoms with Crippen molar-refractivity contribution < 1.29 is 28.2 Å². The van der Waals surface area contributed by atoms with Crippen LogP contribution in [0.1, 0.15) is 12.8 Å². The molecule has 3 rings (SSSR count). The summed E-state index contributed by atoms with van der Waals surface area (Å²) in [5.41, 5.74) is 1.31. The quantitative estimate of drug-likeness (QED) is 0.802. The van der Waals surface area contributed by atoms with Crippen LogP contribution in [0.2, 0.25) is 0 Å². The lowest BCUT2D eigenvalue weighted by atomic mass is 9.98. The van der Waals surface area contributed by atoms with Crippen molar-refractivity contribution in [1.29, 1.82) is 0 Å². The third-order valence-electron chi connectivity index (χ3n) is 4.71. The number of piperidine rings is 1. The van der Waals surface area contributed by atoms with Gasteiger partial charge in [-0.25, -0.2) is 18.4 Å². The molecule has 2 aromatic rings. The average molecular weight is 390 g/mol. The molecule has 0 spiro atoms. The number of hydrogen-bond donors (Lipinski definition) is 2. The molecule has 1 aliphatic rings. The first-order valence-electron chi connectivity index (χ1n) is 8.89. The van der Waals surface area contributed by atoms with Gasteiger partial charge in [0.2, 0.25) is 0 Å². The topological polar surface area (TPSA) is 78.9 Å². The van der Waals surface area contributed by atoms with E-state index in [0.717, 1.165) is 0 Å². The highest BCUT2D eigenvalue weighted by Gasteiger charge is 2.23. The van der Waals surface area contributed by atoms with E-state index in [1.807, 2.05) is 0 Å². The van der Waals surface area contributed by atoms with E-state index in [1.54, 1.807) is 0 Å². The number of carbonyl (C=O) groups excluding carboxylic acids is 1. The predicted molar refractivity (Wildman–Crippen MR) is 99.1 cm³/mol. The standard InChI is InChI=1S/C20H20F2N2O4/c21-15-3-1-14(2-4-15)17-11-16(22)5-6-18(17)23-19(25)28-12-13-7-9-24(10-8-13)20(26)27/h1-6,11,13H,7-10,12H2,(H,23,25)(H,26,27). The minimum atomic E-state index is -0.943. The molecular formula is C20H20F2N2O4. The van der Waals surface area contributed by atoms with Crippen molar-refractivity contribution >= 4 is 17.9 Å². The van der Waals surface area contributed by atoms with Gasteiger partial charge in [0, 0.05) is 18.7 Å². The predicted octanol–water partition coefficient (Wildman–Crippen LogP) is 4.57. The fourth-order valence-corrected chi connectivity index (χ4v) is 3.12. The van der Waals surface area contributed by atoms with Crippen molar-refractivity contribution in [1.82, 2.24) is 4.90 Å². The van der Waals surface area contributed by atoms with Gasteiger partial charge < -0.3 is 14.7 Å². The third-order valence-corrected chi connectivity index (χ3v) is 4.71. The summed E-state index contributed by atoms with van der Waals surface area (Å²) in [6, 6.07) is 9.39. The molecule has 148 valence electrons. The molecule has 1 fully saturated rings. The Labute approximate surface area is 160 Å². The van der Waals surface area contributed by atoms with E-state index in [1.165, 1.54) is 47.4 Å². The summed E-state index contributed by atoms with van der Waals surface area (Å²) in [5.74, 6) is -0.808. The summed E-state index contributed by atoms with van der Waals surface area (Å²) in [6.07, 6.45) is -0.383. The monoisotopic (exact) mass is 390 g/mol. The molecule has 0 unspecified atom stereocenters. The first-order valence-corrected chi connectivity index (χ1v) is 8.89. The van der Waals surface area contributed by atoms with Gasteiger partial charge in [-0.3, -0.25) is 5.32 Å². The smallest absolute Gasteiger partial charge is 0.411 e. The first kappa shape index (κ1) is 19.6. The van der Waals surface area contributed by atoms with Crippen LogP contribution in [0.4, 0.5) is 24.1 Å². The van der Waals surface area contributed by atoms with Crippen molar-refractivity contribution in [3.8, 4) is 11.1 Å². The number of likely N-dealkylation sites (tertiary alicyclic amines) is 1. The lowest BCUT2D eigenvalue weighted by Crippen LogP contribution is -2.38. The second kappa shape index (κ2) is 8.69. The normalized spacial score (nSPS) is 14.6. The highest BCUT2D eigenvalue weighted by atomic mass is 19.1. The molecule has 0 bridgehead atoms. The number of carboxylic acid groups (broad SMARTS) is 1. The number of anilines is 1. The second-order valence-electron chi connectivity index (χ2n) is 6.63. The zero-order chi connectivity index (χ0) is 20.1. The number of amides is 2. The SMILES string of the molecule is O=C(Nc1ccc(F)cc1-c1ccc(F)cc1)OCC1CCN(C(=O)O)CC1. The van der Waals surface area contributed by atoms with E-state index in [4.69, 9.17) is 9.84 Å². The van der Waals surface area contributed by atoms with Gasteiger partial charge in [0.05, 0.1) is 12.3 Å². The van der Waals surface area contributed by atoms with Gasteiger partial charge >= 0.3 is 12.2 Å². The lowest BCUT2D eigenvalue weighted by Gasteiger charge is -2.29. The Morgan fingerprint density at radius 3 is 2.36 bits per heavy atom. The van der Waals surface area contributed by atoms with E-state index in [0.29, 0.717) is 42.7 Å². The summed E-state index contributed by atoms with van der Waals surface area (Å²) in [5, 5.41) is 11.5. The molecule has 0 saturated carbocycles. The number of halogens is 2. The Bertz CT molecular complexity index is 850. The van der Waals surface area contributed by atoms with Gasteiger partial charge in [0.25, 0.3) is 0 Å². The summed E-state index contributed by atoms with van der Waals surface area (Å²) in [4.78, 5) is 24.4. The van der Waals surface area contributed by atoms with Crippen LogP contribution in [-0.4, -0.2) is 41.9 Å². The van der Waals surface area contributed by atoms with E-state index in [9.17, 15) is 18.4 Å². The Kier molecular flexibility index (Phi) is 6.08. The number of nitrogens with zero attached hydrogens (tertiary/aromatic N) is 1. The van der Waals surface area contributed by atoms with Gasteiger partial charge in [-0.1, -0.05) is 12.1 Å². The van der Waals surface area contributed by atoms with Crippen LogP contribution in [0, 0.1) is 17.6 Å². The maximum absolute atomic E-state index is 13.7. The first-order chi connectivity index (χ1) is 13.4. The highest BCUT2D eigenvalue weighted by Crippen LogP contribution is 2.29. The van der Waals surface area contributed by atoms with Gasteiger partial charge in [-0.2, -0.15) is 0 Å². The van der Waals surface area contributed by atoms with Crippen LogP contribution >= 0.6 is 0 Å². The Balaban J connectivity index is 1.60. The van der Waals surface area contributed by atoms with Crippen molar-refractivity contribution in [3.63, 3.8) is 0 Å². The number of nitrogens with one attached hydrogen (secondary N) is 1. The zero-order valence-electron chi connectivity index (χ0n) is 15.0. The van der Waals surface area contributed by atoms with Gasteiger partial charge in [0.1, 0.15) is 11.6 Å². The van der Waals surface area contributed by atoms with Crippen LogP contribution in [0.5, 0.6) is 0 Å². The fraction of sp³-hybridized carbons (Fsp3) is 0.300. The van der Waals surface area contributed by atoms with E-state index in [2.05, 4.69) is 5.32 Å². The molecule has 0 aliphatic carbocycles. The van der Waals surface area contributed by atoms with Crippen molar-refractivity contribution in [2.24, 2.45) is 5.92 Å². The molecule has 28 heavy (non-hydrogen) atoms. The molecule has 0 atom stereocenters. The van der Waals surface area contributed by atoms with Crippen LogP contribution < -0.4 is 5.32 Å². The summed E-state index contributed by atoms with van der Waals surface area (Å²) >= 11 is 0. The third kappa shape index (κ3) is 4.97. The Morgan fingerprint density at radius 2 is 1.71 bits per heavy atom. The van der Waals surface area contributed by atoms with E-state index < -0.39 is 23.8 Å². The molecule has 1 saturated heterocycles. The highest BCUT2D eigenvalue weighted by molar-refractivity contribution is 5.91. The van der Waals surface area contributed by atoms with E-state index >= 15 is 0 Å². The van der Waals surface area contributed by atoms with Gasteiger partial charge in [0.15, 0.2) is 0 Å². The number of carbonyl (C=O) groups is 2. The maximum Gasteiger partial charge on any atom is 0.411 e. The molecule has 6 nitrogen and oxygen atoms in total. The van der Waals surface area contributed by atoms with Crippen molar-refractivity contribution in [3.05, 3.63) is 54.1 Å². The zero-order valence-corrected chi connectivity index (χ0v) is 15.0. The molecule has 2 N–H and O–H groups in total. The Hall–Kier alpha value is -3.16. The Morgan fingerprint density at radius 1 is 1.07 bits per heavy atom. The number of rotatable bonds is 4. The molecule has 8 heteroatoms. The van der Waals surface area contributed by atoms with Gasteiger partial charge in [-0.05, 0) is 54.7 Å².